The highest BCUT2D eigenvalue weighted by Crippen LogP contribution is 2.28. The number of carbonyl (C=O) groups excluding carboxylic acids is 1. The Labute approximate surface area is 123 Å². The van der Waals surface area contributed by atoms with Crippen LogP contribution in [0.3, 0.4) is 0 Å². The zero-order valence-corrected chi connectivity index (χ0v) is 13.7. The number of amides is 1. The standard InChI is InChI=1S/C10H12Br2N2O3S/c1-6-3-8(12)9(4-7(6)11)18(16,17)14-5-10(15)13-2/h3-4,14H,5H2,1-2H3,(H,13,15). The fourth-order valence-corrected chi connectivity index (χ4v) is 3.82. The molecule has 0 aliphatic heterocycles. The Bertz CT molecular complexity index is 573. The van der Waals surface area contributed by atoms with E-state index in [0.717, 1.165) is 5.56 Å². The van der Waals surface area contributed by atoms with Crippen molar-refractivity contribution in [2.75, 3.05) is 13.6 Å². The summed E-state index contributed by atoms with van der Waals surface area (Å²) in [6.45, 7) is 1.56. The Kier molecular flexibility index (Phi) is 5.32. The minimum absolute atomic E-state index is 0.0869. The maximum atomic E-state index is 12.0. The van der Waals surface area contributed by atoms with Gasteiger partial charge in [-0.05, 0) is 40.5 Å². The van der Waals surface area contributed by atoms with Gasteiger partial charge in [-0.25, -0.2) is 13.1 Å². The minimum Gasteiger partial charge on any atom is -0.358 e. The van der Waals surface area contributed by atoms with Gasteiger partial charge in [0.25, 0.3) is 0 Å². The van der Waals surface area contributed by atoms with E-state index in [0.29, 0.717) is 8.95 Å². The first-order valence-electron chi connectivity index (χ1n) is 4.94. The predicted octanol–water partition coefficient (Wildman–Crippen LogP) is 1.54. The van der Waals surface area contributed by atoms with Crippen molar-refractivity contribution in [3.05, 3.63) is 26.6 Å². The minimum atomic E-state index is -3.72. The van der Waals surface area contributed by atoms with Crippen LogP contribution < -0.4 is 10.0 Å². The lowest BCUT2D eigenvalue weighted by Gasteiger charge is -2.09. The van der Waals surface area contributed by atoms with Crippen molar-refractivity contribution >= 4 is 47.8 Å². The Morgan fingerprint density at radius 3 is 2.44 bits per heavy atom. The van der Waals surface area contributed by atoms with E-state index < -0.39 is 15.9 Å². The van der Waals surface area contributed by atoms with E-state index in [9.17, 15) is 13.2 Å². The van der Waals surface area contributed by atoms with Crippen LogP contribution in [0.1, 0.15) is 5.56 Å². The second-order valence-electron chi connectivity index (χ2n) is 3.53. The van der Waals surface area contributed by atoms with E-state index in [1.165, 1.54) is 13.1 Å². The summed E-state index contributed by atoms with van der Waals surface area (Å²) in [6, 6.07) is 3.18. The average Bonchev–Trinajstić information content (AvgIpc) is 2.30. The zero-order chi connectivity index (χ0) is 13.9. The number of rotatable bonds is 4. The highest BCUT2D eigenvalue weighted by molar-refractivity contribution is 9.11. The monoisotopic (exact) mass is 398 g/mol. The molecule has 0 saturated carbocycles. The van der Waals surface area contributed by atoms with Crippen LogP contribution in [0.2, 0.25) is 0 Å². The summed E-state index contributed by atoms with van der Waals surface area (Å²) in [5.41, 5.74) is 0.909. The van der Waals surface area contributed by atoms with Gasteiger partial charge in [-0.1, -0.05) is 15.9 Å². The molecule has 0 aliphatic carbocycles. The third kappa shape index (κ3) is 3.78. The molecule has 0 radical (unpaired) electrons. The Hall–Kier alpha value is -0.440. The summed E-state index contributed by atoms with van der Waals surface area (Å²) < 4.78 is 27.4. The molecule has 1 amide bonds. The second-order valence-corrected chi connectivity index (χ2v) is 6.97. The SMILES string of the molecule is CNC(=O)CNS(=O)(=O)c1cc(Br)c(C)cc1Br. The normalized spacial score (nSPS) is 11.3. The van der Waals surface area contributed by atoms with Crippen LogP contribution in [0.4, 0.5) is 0 Å². The third-order valence-corrected chi connectivity index (χ3v) is 5.42. The molecule has 0 aromatic heterocycles. The summed E-state index contributed by atoms with van der Waals surface area (Å²) in [5.74, 6) is -0.402. The summed E-state index contributed by atoms with van der Waals surface area (Å²) in [7, 11) is -2.28. The molecule has 0 fully saturated rings. The van der Waals surface area contributed by atoms with Crippen LogP contribution in [0.25, 0.3) is 0 Å². The number of carbonyl (C=O) groups is 1. The average molecular weight is 400 g/mol. The molecule has 100 valence electrons. The van der Waals surface area contributed by atoms with Gasteiger partial charge in [-0.15, -0.1) is 0 Å². The fraction of sp³-hybridized carbons (Fsp3) is 0.300. The number of hydrogen-bond acceptors (Lipinski definition) is 3. The van der Waals surface area contributed by atoms with Gasteiger partial charge in [0.05, 0.1) is 11.4 Å². The molecule has 0 heterocycles. The van der Waals surface area contributed by atoms with E-state index in [1.54, 1.807) is 6.07 Å². The summed E-state index contributed by atoms with van der Waals surface area (Å²) in [5, 5.41) is 2.34. The number of likely N-dealkylation sites (N-methyl/N-ethyl adjacent to an activating group) is 1. The number of halogens is 2. The first-order chi connectivity index (χ1) is 8.27. The number of nitrogens with one attached hydrogen (secondary N) is 2. The smallest absolute Gasteiger partial charge is 0.242 e. The van der Waals surface area contributed by atoms with Gasteiger partial charge >= 0.3 is 0 Å². The van der Waals surface area contributed by atoms with Crippen molar-refractivity contribution in [1.82, 2.24) is 10.0 Å². The topological polar surface area (TPSA) is 75.3 Å². The molecule has 0 unspecified atom stereocenters. The first kappa shape index (κ1) is 15.6. The molecule has 0 saturated heterocycles. The van der Waals surface area contributed by atoms with Crippen molar-refractivity contribution in [3.8, 4) is 0 Å². The van der Waals surface area contributed by atoms with Crippen LogP contribution in [-0.4, -0.2) is 27.9 Å². The van der Waals surface area contributed by atoms with Crippen molar-refractivity contribution < 1.29 is 13.2 Å². The molecule has 0 spiro atoms. The molecule has 18 heavy (non-hydrogen) atoms. The molecular weight excluding hydrogens is 388 g/mol. The summed E-state index contributed by atoms with van der Waals surface area (Å²) >= 11 is 6.47. The summed E-state index contributed by atoms with van der Waals surface area (Å²) in [6.07, 6.45) is 0. The number of benzene rings is 1. The number of hydrogen-bond donors (Lipinski definition) is 2. The second kappa shape index (κ2) is 6.14. The largest absolute Gasteiger partial charge is 0.358 e. The van der Waals surface area contributed by atoms with Crippen molar-refractivity contribution in [3.63, 3.8) is 0 Å². The van der Waals surface area contributed by atoms with Gasteiger partial charge in [0.2, 0.25) is 15.9 Å². The first-order valence-corrected chi connectivity index (χ1v) is 8.00. The third-order valence-electron chi connectivity index (χ3n) is 2.20. The van der Waals surface area contributed by atoms with Gasteiger partial charge in [-0.2, -0.15) is 0 Å². The summed E-state index contributed by atoms with van der Waals surface area (Å²) in [4.78, 5) is 11.1. The van der Waals surface area contributed by atoms with Gasteiger partial charge in [0.15, 0.2) is 0 Å². The Morgan fingerprint density at radius 2 is 1.89 bits per heavy atom. The van der Waals surface area contributed by atoms with Gasteiger partial charge in [0.1, 0.15) is 0 Å². The maximum absolute atomic E-state index is 12.0. The van der Waals surface area contributed by atoms with E-state index in [2.05, 4.69) is 41.9 Å². The van der Waals surface area contributed by atoms with Crippen molar-refractivity contribution in [2.24, 2.45) is 0 Å². The van der Waals surface area contributed by atoms with Crippen LogP contribution in [0.15, 0.2) is 26.0 Å². The molecule has 1 aromatic carbocycles. The van der Waals surface area contributed by atoms with Gasteiger partial charge in [0, 0.05) is 16.0 Å². The highest BCUT2D eigenvalue weighted by atomic mass is 79.9. The molecule has 2 N–H and O–H groups in total. The molecule has 1 rings (SSSR count). The van der Waals surface area contributed by atoms with Crippen LogP contribution in [0, 0.1) is 6.92 Å². The van der Waals surface area contributed by atoms with Gasteiger partial charge in [-0.3, -0.25) is 4.79 Å². The quantitative estimate of drug-likeness (QED) is 0.806. The van der Waals surface area contributed by atoms with E-state index in [-0.39, 0.29) is 11.4 Å². The maximum Gasteiger partial charge on any atom is 0.242 e. The van der Waals surface area contributed by atoms with E-state index >= 15 is 0 Å². The molecular formula is C10H12Br2N2O3S. The van der Waals surface area contributed by atoms with Crippen LogP contribution in [0.5, 0.6) is 0 Å². The Morgan fingerprint density at radius 1 is 1.28 bits per heavy atom. The fourth-order valence-electron chi connectivity index (χ4n) is 1.16. The van der Waals surface area contributed by atoms with Crippen LogP contribution >= 0.6 is 31.9 Å². The molecule has 5 nitrogen and oxygen atoms in total. The lowest BCUT2D eigenvalue weighted by Crippen LogP contribution is -2.35. The van der Waals surface area contributed by atoms with E-state index in [1.807, 2.05) is 6.92 Å². The lowest BCUT2D eigenvalue weighted by molar-refractivity contribution is -0.119. The molecule has 0 aliphatic rings. The predicted molar refractivity (Wildman–Crippen MR) is 75.8 cm³/mol. The lowest BCUT2D eigenvalue weighted by atomic mass is 10.2. The highest BCUT2D eigenvalue weighted by Gasteiger charge is 2.19. The zero-order valence-electron chi connectivity index (χ0n) is 9.75. The van der Waals surface area contributed by atoms with Crippen molar-refractivity contribution in [2.45, 2.75) is 11.8 Å². The van der Waals surface area contributed by atoms with E-state index in [4.69, 9.17) is 0 Å². The molecule has 0 atom stereocenters. The van der Waals surface area contributed by atoms with Crippen LogP contribution in [-0.2, 0) is 14.8 Å². The van der Waals surface area contributed by atoms with Gasteiger partial charge < -0.3 is 5.32 Å². The number of aryl methyl sites for hydroxylation is 1. The Balaban J connectivity index is 3.06. The molecule has 0 bridgehead atoms. The molecule has 8 heteroatoms. The molecule has 1 aromatic rings. The van der Waals surface area contributed by atoms with Crippen molar-refractivity contribution in [1.29, 1.82) is 0 Å². The number of sulfonamides is 1.